The van der Waals surface area contributed by atoms with Gasteiger partial charge >= 0.3 is 5.97 Å². The van der Waals surface area contributed by atoms with E-state index in [0.717, 1.165) is 9.87 Å². The number of rotatable bonds is 13. The second-order valence-electron chi connectivity index (χ2n) is 9.98. The number of hydrogen-bond acceptors (Lipinski definition) is 8. The number of carbonyl (C=O) groups excluding carboxylic acids is 2. The summed E-state index contributed by atoms with van der Waals surface area (Å²) in [6, 6.07) is 11.9. The summed E-state index contributed by atoms with van der Waals surface area (Å²) < 4.78 is 33.3. The summed E-state index contributed by atoms with van der Waals surface area (Å²) in [5.41, 5.74) is 1.38. The monoisotopic (exact) mass is 597 g/mol. The van der Waals surface area contributed by atoms with E-state index in [2.05, 4.69) is 15.6 Å². The van der Waals surface area contributed by atoms with Crippen molar-refractivity contribution in [3.63, 3.8) is 0 Å². The number of nitriles is 1. The van der Waals surface area contributed by atoms with Crippen molar-refractivity contribution in [2.75, 3.05) is 6.54 Å². The van der Waals surface area contributed by atoms with Gasteiger partial charge in [-0.2, -0.15) is 9.57 Å². The van der Waals surface area contributed by atoms with Crippen LogP contribution in [-0.2, 0) is 42.0 Å². The summed E-state index contributed by atoms with van der Waals surface area (Å²) in [6.45, 7) is 5.18. The second kappa shape index (κ2) is 14.7. The van der Waals surface area contributed by atoms with Crippen LogP contribution in [0.1, 0.15) is 44.7 Å². The summed E-state index contributed by atoms with van der Waals surface area (Å²) >= 11 is 0. The highest BCUT2D eigenvalue weighted by atomic mass is 32.2. The number of nitrogens with zero attached hydrogens (tertiary/aromatic N) is 3. The van der Waals surface area contributed by atoms with E-state index in [0.29, 0.717) is 30.8 Å². The van der Waals surface area contributed by atoms with Crippen LogP contribution in [-0.4, -0.2) is 72.3 Å². The Morgan fingerprint density at radius 2 is 1.74 bits per heavy atom. The number of ether oxygens (including phenoxy) is 1. The van der Waals surface area contributed by atoms with Crippen LogP contribution in [0.4, 0.5) is 0 Å². The van der Waals surface area contributed by atoms with Crippen molar-refractivity contribution in [3.8, 4) is 6.19 Å². The Morgan fingerprint density at radius 3 is 2.36 bits per heavy atom. The van der Waals surface area contributed by atoms with Crippen LogP contribution in [0.3, 0.4) is 0 Å². The number of aliphatic imine (C=N–C) groups is 1. The van der Waals surface area contributed by atoms with Crippen LogP contribution in [0.5, 0.6) is 0 Å². The smallest absolute Gasteiger partial charge is 0.326 e. The second-order valence-corrected chi connectivity index (χ2v) is 11.8. The normalized spacial score (nSPS) is 20.0. The van der Waals surface area contributed by atoms with E-state index in [1.807, 2.05) is 0 Å². The number of hydrogen-bond donors (Lipinski definition) is 3. The third-order valence-electron chi connectivity index (χ3n) is 6.75. The topological polar surface area (TPSA) is 178 Å². The molecule has 1 saturated heterocycles. The van der Waals surface area contributed by atoms with Gasteiger partial charge in [0.05, 0.1) is 11.0 Å². The number of carboxylic acid groups (broad SMARTS) is 1. The number of carboxylic acids is 1. The average Bonchev–Trinajstić information content (AvgIpc) is 3.26. The number of aliphatic carboxylic acids is 1. The van der Waals surface area contributed by atoms with Gasteiger partial charge < -0.3 is 15.2 Å². The van der Waals surface area contributed by atoms with Crippen molar-refractivity contribution < 1.29 is 32.6 Å². The Bertz CT molecular complexity index is 1440. The standard InChI is InChI=1S/C29H35N5O7S/c1-19-27(34(21(3)41-19)42(39,40)25-9-5-4-6-10-25)28(36)33-26(29(37)38)17-23-13-11-22(12-14-23)16-24(35)8-7-15-31-20(2)32-18-30/h4-6,9-14,19,21,26-27H,7-8,15-17H2,1-3H3,(H,31,32)(H,33,36)(H,37,38)/t19?,21?,26-,27-/m0/s1. The molecule has 12 nitrogen and oxygen atoms in total. The minimum atomic E-state index is -4.11. The van der Waals surface area contributed by atoms with Gasteiger partial charge in [-0.25, -0.2) is 13.2 Å². The van der Waals surface area contributed by atoms with Gasteiger partial charge in [0.25, 0.3) is 0 Å². The van der Waals surface area contributed by atoms with E-state index in [4.69, 9.17) is 10.00 Å². The highest BCUT2D eigenvalue weighted by Gasteiger charge is 2.49. The molecule has 0 radical (unpaired) electrons. The van der Waals surface area contributed by atoms with E-state index >= 15 is 0 Å². The first-order valence-electron chi connectivity index (χ1n) is 13.5. The number of benzene rings is 2. The number of nitrogens with one attached hydrogen (secondary N) is 2. The molecule has 0 aliphatic carbocycles. The lowest BCUT2D eigenvalue weighted by atomic mass is 10.0. The van der Waals surface area contributed by atoms with Gasteiger partial charge in [0, 0.05) is 25.8 Å². The molecule has 224 valence electrons. The third kappa shape index (κ3) is 8.45. The minimum Gasteiger partial charge on any atom is -0.480 e. The lowest BCUT2D eigenvalue weighted by Gasteiger charge is -2.27. The summed E-state index contributed by atoms with van der Waals surface area (Å²) in [6.07, 6.45) is 1.08. The number of amides is 1. The Balaban J connectivity index is 1.63. The van der Waals surface area contributed by atoms with Crippen molar-refractivity contribution in [3.05, 3.63) is 65.7 Å². The predicted molar refractivity (Wildman–Crippen MR) is 154 cm³/mol. The minimum absolute atomic E-state index is 0.00259. The SMILES string of the molecule is CC(=NCCCC(=O)Cc1ccc(C[C@H](NC(=O)[C@@H]2C(C)OC(C)N2S(=O)(=O)c2ccccc2)C(=O)O)cc1)NC#N. The molecule has 1 amide bonds. The lowest BCUT2D eigenvalue weighted by Crippen LogP contribution is -2.54. The molecule has 3 rings (SSSR count). The fourth-order valence-corrected chi connectivity index (χ4v) is 6.46. The van der Waals surface area contributed by atoms with E-state index in [1.165, 1.54) is 19.1 Å². The van der Waals surface area contributed by atoms with Crippen LogP contribution in [0, 0.1) is 11.5 Å². The van der Waals surface area contributed by atoms with E-state index in [-0.39, 0.29) is 23.5 Å². The molecule has 4 atom stereocenters. The van der Waals surface area contributed by atoms with Crippen molar-refractivity contribution in [1.29, 1.82) is 5.26 Å². The van der Waals surface area contributed by atoms with Gasteiger partial charge in [-0.15, -0.1) is 0 Å². The van der Waals surface area contributed by atoms with Gasteiger partial charge in [-0.05, 0) is 50.5 Å². The van der Waals surface area contributed by atoms with Crippen molar-refractivity contribution in [2.24, 2.45) is 4.99 Å². The molecule has 2 unspecified atom stereocenters. The quantitative estimate of drug-likeness (QED) is 0.102. The van der Waals surface area contributed by atoms with Crippen molar-refractivity contribution in [1.82, 2.24) is 14.9 Å². The summed E-state index contributed by atoms with van der Waals surface area (Å²) in [5, 5.41) is 23.3. The number of carbonyl (C=O) groups is 3. The first kappa shape index (κ1) is 32.4. The predicted octanol–water partition coefficient (Wildman–Crippen LogP) is 2.00. The van der Waals surface area contributed by atoms with Crippen molar-refractivity contribution in [2.45, 2.75) is 75.8 Å². The molecular formula is C29H35N5O7S. The fourth-order valence-electron chi connectivity index (χ4n) is 4.71. The summed E-state index contributed by atoms with van der Waals surface area (Å²) in [5.74, 6) is -1.53. The van der Waals surface area contributed by atoms with Crippen LogP contribution in [0.2, 0.25) is 0 Å². The molecule has 1 aliphatic rings. The molecule has 42 heavy (non-hydrogen) atoms. The molecule has 2 aromatic carbocycles. The lowest BCUT2D eigenvalue weighted by molar-refractivity contribution is -0.142. The Labute approximate surface area is 245 Å². The summed E-state index contributed by atoms with van der Waals surface area (Å²) in [7, 11) is -4.11. The third-order valence-corrected chi connectivity index (χ3v) is 8.70. The van der Waals surface area contributed by atoms with E-state index < -0.39 is 46.3 Å². The van der Waals surface area contributed by atoms with E-state index in [9.17, 15) is 27.9 Å². The molecule has 1 heterocycles. The zero-order valence-electron chi connectivity index (χ0n) is 23.7. The first-order valence-corrected chi connectivity index (χ1v) is 14.9. The van der Waals surface area contributed by atoms with Gasteiger partial charge in [0.2, 0.25) is 15.9 Å². The molecule has 0 spiro atoms. The molecule has 0 aromatic heterocycles. The van der Waals surface area contributed by atoms with Crippen LogP contribution < -0.4 is 10.6 Å². The largest absolute Gasteiger partial charge is 0.480 e. The molecule has 2 aromatic rings. The maximum atomic E-state index is 13.4. The van der Waals surface area contributed by atoms with Gasteiger partial charge in [0.15, 0.2) is 6.19 Å². The zero-order chi connectivity index (χ0) is 30.9. The number of ketones is 1. The molecule has 1 fully saturated rings. The number of amidine groups is 1. The number of Topliss-reactive ketones (excluding diaryl/α,β-unsaturated/α-hetero) is 1. The molecule has 1 aliphatic heterocycles. The molecular weight excluding hydrogens is 562 g/mol. The molecule has 0 bridgehead atoms. The highest BCUT2D eigenvalue weighted by Crippen LogP contribution is 2.30. The highest BCUT2D eigenvalue weighted by molar-refractivity contribution is 7.89. The summed E-state index contributed by atoms with van der Waals surface area (Å²) in [4.78, 5) is 41.9. The maximum Gasteiger partial charge on any atom is 0.326 e. The van der Waals surface area contributed by atoms with Crippen LogP contribution >= 0.6 is 0 Å². The Kier molecular flexibility index (Phi) is 11.3. The zero-order valence-corrected chi connectivity index (χ0v) is 24.5. The van der Waals surface area contributed by atoms with Crippen LogP contribution in [0.25, 0.3) is 0 Å². The first-order chi connectivity index (χ1) is 19.9. The molecule has 3 N–H and O–H groups in total. The van der Waals surface area contributed by atoms with Crippen molar-refractivity contribution >= 4 is 33.5 Å². The van der Waals surface area contributed by atoms with Gasteiger partial charge in [0.1, 0.15) is 29.9 Å². The fraction of sp³-hybridized carbons (Fsp3) is 0.414. The molecule has 13 heteroatoms. The Morgan fingerprint density at radius 1 is 1.10 bits per heavy atom. The van der Waals surface area contributed by atoms with Gasteiger partial charge in [-0.3, -0.25) is 19.9 Å². The molecule has 0 saturated carbocycles. The van der Waals surface area contributed by atoms with Crippen LogP contribution in [0.15, 0.2) is 64.5 Å². The Hall–Kier alpha value is -4.12. The maximum absolute atomic E-state index is 13.4. The number of sulfonamides is 1. The van der Waals surface area contributed by atoms with E-state index in [1.54, 1.807) is 62.5 Å². The van der Waals surface area contributed by atoms with Gasteiger partial charge in [-0.1, -0.05) is 42.5 Å². The average molecular weight is 598 g/mol.